The summed E-state index contributed by atoms with van der Waals surface area (Å²) < 4.78 is 5.59. The standard InChI is InChI=1S/C24H26N2O2/c1-17-5-4-6-21(14-17)26-24(27)16-28-22-10-8-20(9-11-22)15-25-23-12-7-18(2)13-19(23)3/h4-14,25H,15-16H2,1-3H3,(H,26,27). The highest BCUT2D eigenvalue weighted by molar-refractivity contribution is 5.91. The van der Waals surface area contributed by atoms with Crippen molar-refractivity contribution in [2.75, 3.05) is 17.2 Å². The topological polar surface area (TPSA) is 50.4 Å². The molecule has 0 fully saturated rings. The van der Waals surface area contributed by atoms with E-state index in [0.29, 0.717) is 5.75 Å². The van der Waals surface area contributed by atoms with Crippen LogP contribution in [0.1, 0.15) is 22.3 Å². The quantitative estimate of drug-likeness (QED) is 0.594. The molecule has 28 heavy (non-hydrogen) atoms. The summed E-state index contributed by atoms with van der Waals surface area (Å²) in [7, 11) is 0. The fourth-order valence-corrected chi connectivity index (χ4v) is 2.98. The Morgan fingerprint density at radius 2 is 1.64 bits per heavy atom. The predicted octanol–water partition coefficient (Wildman–Crippen LogP) is 5.24. The number of benzene rings is 3. The van der Waals surface area contributed by atoms with Gasteiger partial charge in [0, 0.05) is 17.9 Å². The van der Waals surface area contributed by atoms with Crippen LogP contribution in [0.5, 0.6) is 5.75 Å². The molecule has 0 aliphatic carbocycles. The molecule has 4 heteroatoms. The highest BCUT2D eigenvalue weighted by Gasteiger charge is 2.04. The number of carbonyl (C=O) groups excluding carboxylic acids is 1. The van der Waals surface area contributed by atoms with Gasteiger partial charge in [0.05, 0.1) is 0 Å². The third-order valence-corrected chi connectivity index (χ3v) is 4.46. The van der Waals surface area contributed by atoms with Crippen LogP contribution in [0.25, 0.3) is 0 Å². The summed E-state index contributed by atoms with van der Waals surface area (Å²) in [5.74, 6) is 0.501. The van der Waals surface area contributed by atoms with E-state index in [9.17, 15) is 4.79 Å². The second-order valence-electron chi connectivity index (χ2n) is 7.02. The van der Waals surface area contributed by atoms with Gasteiger partial charge in [-0.05, 0) is 67.8 Å². The maximum Gasteiger partial charge on any atom is 0.262 e. The number of hydrogen-bond donors (Lipinski definition) is 2. The van der Waals surface area contributed by atoms with E-state index in [0.717, 1.165) is 29.0 Å². The number of amides is 1. The number of aryl methyl sites for hydroxylation is 3. The van der Waals surface area contributed by atoms with E-state index in [1.54, 1.807) is 0 Å². The Bertz CT molecular complexity index is 949. The Hall–Kier alpha value is -3.27. The predicted molar refractivity (Wildman–Crippen MR) is 115 cm³/mol. The van der Waals surface area contributed by atoms with Gasteiger partial charge in [-0.15, -0.1) is 0 Å². The van der Waals surface area contributed by atoms with Crippen LogP contribution in [0, 0.1) is 20.8 Å². The minimum absolute atomic E-state index is 0.0197. The van der Waals surface area contributed by atoms with Gasteiger partial charge in [-0.1, -0.05) is 42.0 Å². The van der Waals surface area contributed by atoms with Crippen molar-refractivity contribution in [2.45, 2.75) is 27.3 Å². The lowest BCUT2D eigenvalue weighted by atomic mass is 10.1. The lowest BCUT2D eigenvalue weighted by Gasteiger charge is -2.11. The number of hydrogen-bond acceptors (Lipinski definition) is 3. The van der Waals surface area contributed by atoms with Gasteiger partial charge in [-0.25, -0.2) is 0 Å². The SMILES string of the molecule is Cc1cccc(NC(=O)COc2ccc(CNc3ccc(C)cc3C)cc2)c1. The van der Waals surface area contributed by atoms with Crippen molar-refractivity contribution in [1.29, 1.82) is 0 Å². The molecule has 1 amide bonds. The van der Waals surface area contributed by atoms with Gasteiger partial charge >= 0.3 is 0 Å². The van der Waals surface area contributed by atoms with Crippen molar-refractivity contribution in [1.82, 2.24) is 0 Å². The fraction of sp³-hybridized carbons (Fsp3) is 0.208. The molecule has 0 spiro atoms. The number of rotatable bonds is 7. The Morgan fingerprint density at radius 1 is 0.893 bits per heavy atom. The molecule has 4 nitrogen and oxygen atoms in total. The van der Waals surface area contributed by atoms with Gasteiger partial charge in [0.2, 0.25) is 0 Å². The zero-order valence-electron chi connectivity index (χ0n) is 16.6. The molecule has 0 saturated heterocycles. The molecule has 0 radical (unpaired) electrons. The van der Waals surface area contributed by atoms with Crippen molar-refractivity contribution < 1.29 is 9.53 Å². The molecule has 0 aromatic heterocycles. The molecule has 2 N–H and O–H groups in total. The van der Waals surface area contributed by atoms with Gasteiger partial charge in [-0.2, -0.15) is 0 Å². The maximum absolute atomic E-state index is 12.0. The molecule has 0 bridgehead atoms. The molecule has 0 atom stereocenters. The third kappa shape index (κ3) is 5.61. The summed E-state index contributed by atoms with van der Waals surface area (Å²) in [4.78, 5) is 12.0. The van der Waals surface area contributed by atoms with Crippen LogP contribution in [-0.4, -0.2) is 12.5 Å². The molecule has 3 rings (SSSR count). The molecule has 0 unspecified atom stereocenters. The average Bonchev–Trinajstić information content (AvgIpc) is 2.66. The third-order valence-electron chi connectivity index (χ3n) is 4.46. The summed E-state index contributed by atoms with van der Waals surface area (Å²) in [6.45, 7) is 6.90. The lowest BCUT2D eigenvalue weighted by Crippen LogP contribution is -2.20. The van der Waals surface area contributed by atoms with Gasteiger partial charge in [0.1, 0.15) is 5.75 Å². The zero-order chi connectivity index (χ0) is 19.9. The van der Waals surface area contributed by atoms with Crippen LogP contribution >= 0.6 is 0 Å². The van der Waals surface area contributed by atoms with Gasteiger partial charge in [0.25, 0.3) is 5.91 Å². The largest absolute Gasteiger partial charge is 0.484 e. The highest BCUT2D eigenvalue weighted by atomic mass is 16.5. The fourth-order valence-electron chi connectivity index (χ4n) is 2.98. The summed E-state index contributed by atoms with van der Waals surface area (Å²) in [6, 6.07) is 21.9. The Morgan fingerprint density at radius 3 is 2.36 bits per heavy atom. The Labute approximate surface area is 166 Å². The zero-order valence-corrected chi connectivity index (χ0v) is 16.6. The molecule has 3 aromatic rings. The molecular weight excluding hydrogens is 348 g/mol. The molecule has 144 valence electrons. The van der Waals surface area contributed by atoms with E-state index in [2.05, 4.69) is 42.7 Å². The molecule has 0 saturated carbocycles. The Balaban J connectivity index is 1.48. The number of carbonyl (C=O) groups is 1. The van der Waals surface area contributed by atoms with E-state index in [1.165, 1.54) is 11.1 Å². The Kier molecular flexibility index (Phi) is 6.33. The van der Waals surface area contributed by atoms with Crippen LogP contribution in [0.4, 0.5) is 11.4 Å². The van der Waals surface area contributed by atoms with E-state index >= 15 is 0 Å². The summed E-state index contributed by atoms with van der Waals surface area (Å²) in [6.07, 6.45) is 0. The van der Waals surface area contributed by atoms with Crippen molar-refractivity contribution >= 4 is 17.3 Å². The van der Waals surface area contributed by atoms with Crippen molar-refractivity contribution in [3.05, 3.63) is 89.0 Å². The van der Waals surface area contributed by atoms with Crippen molar-refractivity contribution in [3.8, 4) is 5.75 Å². The van der Waals surface area contributed by atoms with Gasteiger partial charge < -0.3 is 15.4 Å². The molecule has 0 aliphatic heterocycles. The smallest absolute Gasteiger partial charge is 0.262 e. The first-order valence-electron chi connectivity index (χ1n) is 9.39. The van der Waals surface area contributed by atoms with Crippen molar-refractivity contribution in [2.24, 2.45) is 0 Å². The van der Waals surface area contributed by atoms with E-state index in [-0.39, 0.29) is 12.5 Å². The van der Waals surface area contributed by atoms with Crippen molar-refractivity contribution in [3.63, 3.8) is 0 Å². The van der Waals surface area contributed by atoms with E-state index in [4.69, 9.17) is 4.74 Å². The molecule has 0 aliphatic rings. The normalized spacial score (nSPS) is 10.4. The maximum atomic E-state index is 12.0. The second kappa shape index (κ2) is 9.09. The van der Waals surface area contributed by atoms with Crippen LogP contribution in [0.3, 0.4) is 0 Å². The minimum atomic E-state index is -0.175. The molecular formula is C24H26N2O2. The van der Waals surface area contributed by atoms with Crippen LogP contribution < -0.4 is 15.4 Å². The van der Waals surface area contributed by atoms with E-state index < -0.39 is 0 Å². The summed E-state index contributed by atoms with van der Waals surface area (Å²) in [5.41, 5.74) is 6.66. The highest BCUT2D eigenvalue weighted by Crippen LogP contribution is 2.18. The first-order valence-corrected chi connectivity index (χ1v) is 9.39. The lowest BCUT2D eigenvalue weighted by molar-refractivity contribution is -0.118. The first-order chi connectivity index (χ1) is 13.5. The summed E-state index contributed by atoms with van der Waals surface area (Å²) >= 11 is 0. The molecule has 3 aromatic carbocycles. The van der Waals surface area contributed by atoms with E-state index in [1.807, 2.05) is 55.5 Å². The number of anilines is 2. The summed E-state index contributed by atoms with van der Waals surface area (Å²) in [5, 5.41) is 6.29. The van der Waals surface area contributed by atoms with Gasteiger partial charge in [0.15, 0.2) is 6.61 Å². The van der Waals surface area contributed by atoms with Crippen LogP contribution in [-0.2, 0) is 11.3 Å². The monoisotopic (exact) mass is 374 g/mol. The van der Waals surface area contributed by atoms with Gasteiger partial charge in [-0.3, -0.25) is 4.79 Å². The number of ether oxygens (including phenoxy) is 1. The van der Waals surface area contributed by atoms with Crippen LogP contribution in [0.2, 0.25) is 0 Å². The average molecular weight is 374 g/mol. The van der Waals surface area contributed by atoms with Crippen LogP contribution in [0.15, 0.2) is 66.7 Å². The number of nitrogens with one attached hydrogen (secondary N) is 2. The first kappa shape index (κ1) is 19.5. The second-order valence-corrected chi connectivity index (χ2v) is 7.02. The molecule has 0 heterocycles. The minimum Gasteiger partial charge on any atom is -0.484 e.